The third-order valence-electron chi connectivity index (χ3n) is 3.67. The molecule has 0 bridgehead atoms. The van der Waals surface area contributed by atoms with Gasteiger partial charge in [0.1, 0.15) is 0 Å². The molecule has 1 aliphatic carbocycles. The van der Waals surface area contributed by atoms with E-state index in [-0.39, 0.29) is 11.6 Å². The second-order valence-electron chi connectivity index (χ2n) is 4.80. The van der Waals surface area contributed by atoms with Crippen LogP contribution in [0.3, 0.4) is 0 Å². The molecule has 0 radical (unpaired) electrons. The number of nitrogens with two attached hydrogens (primary N) is 1. The van der Waals surface area contributed by atoms with Crippen LogP contribution in [0.4, 0.5) is 0 Å². The lowest BCUT2D eigenvalue weighted by Crippen LogP contribution is -2.51. The van der Waals surface area contributed by atoms with Gasteiger partial charge in [0, 0.05) is 26.4 Å². The number of hydrogen-bond acceptors (Lipinski definition) is 3. The zero-order valence-corrected chi connectivity index (χ0v) is 10.8. The topological polar surface area (TPSA) is 44.5 Å². The smallest absolute Gasteiger partial charge is 0.0832 e. The van der Waals surface area contributed by atoms with Crippen molar-refractivity contribution < 1.29 is 9.47 Å². The maximum Gasteiger partial charge on any atom is 0.0832 e. The van der Waals surface area contributed by atoms with Crippen molar-refractivity contribution in [1.29, 1.82) is 0 Å². The van der Waals surface area contributed by atoms with Crippen LogP contribution in [-0.2, 0) is 9.47 Å². The van der Waals surface area contributed by atoms with Crippen molar-refractivity contribution in [2.24, 2.45) is 5.73 Å². The van der Waals surface area contributed by atoms with Crippen molar-refractivity contribution in [3.8, 4) is 0 Å². The van der Waals surface area contributed by atoms with Crippen LogP contribution >= 0.6 is 0 Å². The van der Waals surface area contributed by atoms with Crippen LogP contribution in [0, 0.1) is 0 Å². The fraction of sp³-hybridized carbons (Fsp3) is 1.00. The Morgan fingerprint density at radius 3 is 2.50 bits per heavy atom. The molecular weight excluding hydrogens is 202 g/mol. The molecule has 0 aromatic rings. The third kappa shape index (κ3) is 3.72. The molecule has 16 heavy (non-hydrogen) atoms. The van der Waals surface area contributed by atoms with E-state index in [4.69, 9.17) is 15.2 Å². The second-order valence-corrected chi connectivity index (χ2v) is 4.80. The predicted octanol–water partition coefficient (Wildman–Crippen LogP) is 2.48. The average molecular weight is 229 g/mol. The minimum atomic E-state index is -0.0409. The monoisotopic (exact) mass is 229 g/mol. The highest BCUT2D eigenvalue weighted by molar-refractivity contribution is 4.93. The van der Waals surface area contributed by atoms with Crippen LogP contribution in [0.15, 0.2) is 0 Å². The summed E-state index contributed by atoms with van der Waals surface area (Å²) in [6.45, 7) is 3.64. The molecule has 1 fully saturated rings. The summed E-state index contributed by atoms with van der Waals surface area (Å²) in [6.07, 6.45) is 8.17. The molecule has 0 aromatic heterocycles. The van der Waals surface area contributed by atoms with Crippen molar-refractivity contribution >= 4 is 0 Å². The Morgan fingerprint density at radius 2 is 1.94 bits per heavy atom. The molecule has 96 valence electrons. The van der Waals surface area contributed by atoms with E-state index in [9.17, 15) is 0 Å². The van der Waals surface area contributed by atoms with Gasteiger partial charge in [0.25, 0.3) is 0 Å². The highest BCUT2D eigenvalue weighted by atomic mass is 16.5. The second kappa shape index (κ2) is 7.25. The van der Waals surface area contributed by atoms with Gasteiger partial charge in [0.05, 0.1) is 5.60 Å². The molecule has 0 spiro atoms. The van der Waals surface area contributed by atoms with Gasteiger partial charge in [0.2, 0.25) is 0 Å². The Bertz CT molecular complexity index is 173. The first-order valence-corrected chi connectivity index (χ1v) is 6.63. The standard InChI is InChI=1S/C13H27NO2/c1-3-16-13(9-5-4-6-10-13)12(14)8-7-11-15-2/h12H,3-11,14H2,1-2H3. The van der Waals surface area contributed by atoms with E-state index in [0.717, 1.165) is 38.9 Å². The molecule has 0 aromatic carbocycles. The van der Waals surface area contributed by atoms with E-state index in [0.29, 0.717) is 0 Å². The van der Waals surface area contributed by atoms with Gasteiger partial charge in [-0.15, -0.1) is 0 Å². The van der Waals surface area contributed by atoms with Crippen LogP contribution in [0.1, 0.15) is 51.9 Å². The zero-order valence-electron chi connectivity index (χ0n) is 10.8. The van der Waals surface area contributed by atoms with E-state index < -0.39 is 0 Å². The molecule has 0 amide bonds. The average Bonchev–Trinajstić information content (AvgIpc) is 2.31. The number of rotatable bonds is 7. The Morgan fingerprint density at radius 1 is 1.25 bits per heavy atom. The van der Waals surface area contributed by atoms with Crippen LogP contribution < -0.4 is 5.73 Å². The molecule has 3 nitrogen and oxygen atoms in total. The minimum absolute atomic E-state index is 0.0409. The molecular formula is C13H27NO2. The molecule has 1 atom stereocenters. The third-order valence-corrected chi connectivity index (χ3v) is 3.67. The maximum absolute atomic E-state index is 6.33. The zero-order chi connectivity index (χ0) is 11.9. The van der Waals surface area contributed by atoms with E-state index in [1.165, 1.54) is 19.3 Å². The largest absolute Gasteiger partial charge is 0.385 e. The molecule has 0 saturated heterocycles. The Kier molecular flexibility index (Phi) is 6.32. The fourth-order valence-corrected chi connectivity index (χ4v) is 2.77. The molecule has 1 unspecified atom stereocenters. The highest BCUT2D eigenvalue weighted by Gasteiger charge is 2.38. The summed E-state index contributed by atoms with van der Waals surface area (Å²) in [5.74, 6) is 0. The SMILES string of the molecule is CCOC1(C(N)CCCOC)CCCCC1. The normalized spacial score (nSPS) is 21.9. The van der Waals surface area contributed by atoms with Gasteiger partial charge in [-0.2, -0.15) is 0 Å². The molecule has 1 rings (SSSR count). The molecule has 1 saturated carbocycles. The van der Waals surface area contributed by atoms with E-state index in [1.54, 1.807) is 7.11 Å². The molecule has 2 N–H and O–H groups in total. The van der Waals surface area contributed by atoms with Crippen molar-refractivity contribution in [2.75, 3.05) is 20.3 Å². The summed E-state index contributed by atoms with van der Waals surface area (Å²) in [5, 5.41) is 0. The van der Waals surface area contributed by atoms with Gasteiger partial charge in [-0.05, 0) is 32.6 Å². The van der Waals surface area contributed by atoms with Gasteiger partial charge < -0.3 is 15.2 Å². The molecule has 3 heteroatoms. The molecule has 1 aliphatic rings. The highest BCUT2D eigenvalue weighted by Crippen LogP contribution is 2.35. The van der Waals surface area contributed by atoms with Gasteiger partial charge in [-0.3, -0.25) is 0 Å². The van der Waals surface area contributed by atoms with E-state index in [2.05, 4.69) is 6.92 Å². The van der Waals surface area contributed by atoms with Gasteiger partial charge >= 0.3 is 0 Å². The van der Waals surface area contributed by atoms with Crippen LogP contribution in [0.25, 0.3) is 0 Å². The van der Waals surface area contributed by atoms with Crippen LogP contribution in [-0.4, -0.2) is 32.0 Å². The van der Waals surface area contributed by atoms with Crippen molar-refractivity contribution in [3.63, 3.8) is 0 Å². The van der Waals surface area contributed by atoms with E-state index >= 15 is 0 Å². The first-order valence-electron chi connectivity index (χ1n) is 6.63. The lowest BCUT2D eigenvalue weighted by atomic mass is 9.78. The summed E-state index contributed by atoms with van der Waals surface area (Å²) in [4.78, 5) is 0. The van der Waals surface area contributed by atoms with Crippen LogP contribution in [0.5, 0.6) is 0 Å². The fourth-order valence-electron chi connectivity index (χ4n) is 2.77. The van der Waals surface area contributed by atoms with Crippen molar-refractivity contribution in [2.45, 2.75) is 63.5 Å². The quantitative estimate of drug-likeness (QED) is 0.682. The van der Waals surface area contributed by atoms with Crippen LogP contribution in [0.2, 0.25) is 0 Å². The summed E-state index contributed by atoms with van der Waals surface area (Å²) in [6, 6.07) is 0.169. The lowest BCUT2D eigenvalue weighted by Gasteiger charge is -2.41. The minimum Gasteiger partial charge on any atom is -0.385 e. The number of ether oxygens (including phenoxy) is 2. The lowest BCUT2D eigenvalue weighted by molar-refractivity contribution is -0.0842. The summed E-state index contributed by atoms with van der Waals surface area (Å²) < 4.78 is 11.1. The summed E-state index contributed by atoms with van der Waals surface area (Å²) in [7, 11) is 1.74. The predicted molar refractivity (Wildman–Crippen MR) is 66.5 cm³/mol. The Balaban J connectivity index is 2.46. The van der Waals surface area contributed by atoms with Gasteiger partial charge in [0.15, 0.2) is 0 Å². The number of methoxy groups -OCH3 is 1. The first-order chi connectivity index (χ1) is 7.75. The maximum atomic E-state index is 6.33. The summed E-state index contributed by atoms with van der Waals surface area (Å²) in [5.41, 5.74) is 6.29. The molecule has 0 heterocycles. The first kappa shape index (κ1) is 13.9. The van der Waals surface area contributed by atoms with Crippen molar-refractivity contribution in [3.05, 3.63) is 0 Å². The van der Waals surface area contributed by atoms with Gasteiger partial charge in [-0.25, -0.2) is 0 Å². The number of hydrogen-bond donors (Lipinski definition) is 1. The van der Waals surface area contributed by atoms with E-state index in [1.807, 2.05) is 0 Å². The Hall–Kier alpha value is -0.120. The molecule has 0 aliphatic heterocycles. The summed E-state index contributed by atoms with van der Waals surface area (Å²) >= 11 is 0. The Labute approximate surface area is 99.7 Å². The van der Waals surface area contributed by atoms with Gasteiger partial charge in [-0.1, -0.05) is 19.3 Å². The van der Waals surface area contributed by atoms with Crippen molar-refractivity contribution in [1.82, 2.24) is 0 Å².